The lowest BCUT2D eigenvalue weighted by atomic mass is 9.89. The minimum atomic E-state index is -0.0213. The Kier molecular flexibility index (Phi) is 4.94. The molecule has 1 aromatic carbocycles. The number of carbonyl (C=O) groups is 1. The summed E-state index contributed by atoms with van der Waals surface area (Å²) in [7, 11) is 0. The van der Waals surface area contributed by atoms with E-state index in [9.17, 15) is 4.79 Å². The fourth-order valence-electron chi connectivity index (χ4n) is 3.61. The predicted molar refractivity (Wildman–Crippen MR) is 103 cm³/mol. The van der Waals surface area contributed by atoms with Crippen molar-refractivity contribution in [2.75, 3.05) is 19.3 Å². The summed E-state index contributed by atoms with van der Waals surface area (Å²) in [6.07, 6.45) is 3.64. The lowest BCUT2D eigenvalue weighted by Gasteiger charge is -2.17. The molecule has 1 fully saturated rings. The van der Waals surface area contributed by atoms with Crippen molar-refractivity contribution in [2.45, 2.75) is 23.8 Å². The summed E-state index contributed by atoms with van der Waals surface area (Å²) in [4.78, 5) is 23.8. The zero-order valence-corrected chi connectivity index (χ0v) is 16.0. The average molecular weight is 380 g/mol. The molecule has 6 nitrogen and oxygen atoms in total. The average Bonchev–Trinajstić information content (AvgIpc) is 3.34. The van der Waals surface area contributed by atoms with Crippen LogP contribution in [-0.2, 0) is 0 Å². The van der Waals surface area contributed by atoms with Crippen LogP contribution in [0.4, 0.5) is 0 Å². The SMILES string of the molecule is CSc1ncccc1C(=O)N1C[C@H](c2ccccc2)[C@H](c2nc(C)no2)C1. The van der Waals surface area contributed by atoms with Crippen LogP contribution in [0, 0.1) is 6.92 Å². The van der Waals surface area contributed by atoms with Gasteiger partial charge in [-0.05, 0) is 30.9 Å². The van der Waals surface area contributed by atoms with Gasteiger partial charge < -0.3 is 9.42 Å². The van der Waals surface area contributed by atoms with Crippen LogP contribution >= 0.6 is 11.8 Å². The molecule has 4 rings (SSSR count). The molecular weight excluding hydrogens is 360 g/mol. The van der Waals surface area contributed by atoms with Crippen molar-refractivity contribution in [2.24, 2.45) is 0 Å². The highest BCUT2D eigenvalue weighted by atomic mass is 32.2. The lowest BCUT2D eigenvalue weighted by molar-refractivity contribution is 0.0784. The molecule has 1 amide bonds. The van der Waals surface area contributed by atoms with Gasteiger partial charge in [-0.15, -0.1) is 11.8 Å². The van der Waals surface area contributed by atoms with E-state index in [2.05, 4.69) is 27.3 Å². The van der Waals surface area contributed by atoms with E-state index >= 15 is 0 Å². The van der Waals surface area contributed by atoms with Crippen molar-refractivity contribution in [3.63, 3.8) is 0 Å². The minimum absolute atomic E-state index is 0.00730. The Balaban J connectivity index is 1.67. The number of rotatable bonds is 4. The van der Waals surface area contributed by atoms with Gasteiger partial charge >= 0.3 is 0 Å². The molecular formula is C20H20N4O2S. The third-order valence-electron chi connectivity index (χ3n) is 4.89. The second-order valence-corrected chi connectivity index (χ2v) is 7.37. The number of aryl methyl sites for hydroxylation is 1. The van der Waals surface area contributed by atoms with Crippen LogP contribution in [0.2, 0.25) is 0 Å². The zero-order valence-electron chi connectivity index (χ0n) is 15.2. The number of pyridine rings is 1. The van der Waals surface area contributed by atoms with E-state index in [0.29, 0.717) is 30.4 Å². The molecule has 0 bridgehead atoms. The molecule has 2 aromatic heterocycles. The second-order valence-electron chi connectivity index (χ2n) is 6.57. The molecule has 0 saturated carbocycles. The highest BCUT2D eigenvalue weighted by Crippen LogP contribution is 2.39. The van der Waals surface area contributed by atoms with Gasteiger partial charge in [0.15, 0.2) is 5.82 Å². The third kappa shape index (κ3) is 3.47. The number of amides is 1. The van der Waals surface area contributed by atoms with Gasteiger partial charge in [-0.3, -0.25) is 4.79 Å². The lowest BCUT2D eigenvalue weighted by Crippen LogP contribution is -2.29. The quantitative estimate of drug-likeness (QED) is 0.645. The first-order valence-corrected chi connectivity index (χ1v) is 10.0. The molecule has 1 aliphatic rings. The van der Waals surface area contributed by atoms with Gasteiger partial charge in [-0.25, -0.2) is 4.98 Å². The molecule has 0 spiro atoms. The van der Waals surface area contributed by atoms with Crippen molar-refractivity contribution >= 4 is 17.7 Å². The van der Waals surface area contributed by atoms with E-state index in [1.165, 1.54) is 17.3 Å². The monoisotopic (exact) mass is 380 g/mol. The summed E-state index contributed by atoms with van der Waals surface area (Å²) in [5.74, 6) is 1.29. The Bertz CT molecular complexity index is 944. The minimum Gasteiger partial charge on any atom is -0.339 e. The number of likely N-dealkylation sites (tertiary alicyclic amines) is 1. The Labute approximate surface area is 162 Å². The fourth-order valence-corrected chi connectivity index (χ4v) is 4.15. The van der Waals surface area contributed by atoms with Crippen molar-refractivity contribution < 1.29 is 9.32 Å². The van der Waals surface area contributed by atoms with Crippen molar-refractivity contribution in [1.29, 1.82) is 0 Å². The number of hydrogen-bond acceptors (Lipinski definition) is 6. The first kappa shape index (κ1) is 17.7. The van der Waals surface area contributed by atoms with Crippen molar-refractivity contribution in [1.82, 2.24) is 20.0 Å². The molecule has 0 radical (unpaired) electrons. The van der Waals surface area contributed by atoms with Crippen LogP contribution in [0.15, 0.2) is 58.2 Å². The molecule has 0 N–H and O–H groups in total. The molecule has 2 atom stereocenters. The Hall–Kier alpha value is -2.67. The fraction of sp³-hybridized carbons (Fsp3) is 0.300. The Morgan fingerprint density at radius 2 is 1.93 bits per heavy atom. The van der Waals surface area contributed by atoms with Gasteiger partial charge in [0.1, 0.15) is 5.03 Å². The van der Waals surface area contributed by atoms with E-state index < -0.39 is 0 Å². The van der Waals surface area contributed by atoms with Crippen LogP contribution < -0.4 is 0 Å². The van der Waals surface area contributed by atoms with Gasteiger partial charge in [0.25, 0.3) is 5.91 Å². The summed E-state index contributed by atoms with van der Waals surface area (Å²) in [6.45, 7) is 2.96. The summed E-state index contributed by atoms with van der Waals surface area (Å²) in [6, 6.07) is 13.8. The van der Waals surface area contributed by atoms with Crippen LogP contribution in [0.25, 0.3) is 0 Å². The molecule has 138 valence electrons. The van der Waals surface area contributed by atoms with E-state index in [4.69, 9.17) is 4.52 Å². The maximum Gasteiger partial charge on any atom is 0.256 e. The number of hydrogen-bond donors (Lipinski definition) is 0. The van der Waals surface area contributed by atoms with Gasteiger partial charge in [0.2, 0.25) is 5.89 Å². The van der Waals surface area contributed by atoms with Crippen LogP contribution in [0.3, 0.4) is 0 Å². The topological polar surface area (TPSA) is 72.1 Å². The van der Waals surface area contributed by atoms with Crippen LogP contribution in [-0.4, -0.2) is 45.3 Å². The molecule has 1 saturated heterocycles. The summed E-state index contributed by atoms with van der Waals surface area (Å²) in [5.41, 5.74) is 1.81. The van der Waals surface area contributed by atoms with E-state index in [0.717, 1.165) is 5.03 Å². The van der Waals surface area contributed by atoms with Crippen molar-refractivity contribution in [3.8, 4) is 0 Å². The summed E-state index contributed by atoms with van der Waals surface area (Å²) in [5, 5.41) is 4.69. The maximum absolute atomic E-state index is 13.2. The molecule has 3 aromatic rings. The first-order valence-electron chi connectivity index (χ1n) is 8.81. The van der Waals surface area contributed by atoms with Crippen LogP contribution in [0.1, 0.15) is 39.5 Å². The first-order chi connectivity index (χ1) is 13.2. The van der Waals surface area contributed by atoms with Crippen LogP contribution in [0.5, 0.6) is 0 Å². The van der Waals surface area contributed by atoms with Gasteiger partial charge in [0.05, 0.1) is 11.5 Å². The van der Waals surface area contributed by atoms with E-state index in [1.54, 1.807) is 12.3 Å². The molecule has 27 heavy (non-hydrogen) atoms. The number of aromatic nitrogens is 3. The maximum atomic E-state index is 13.2. The third-order valence-corrected chi connectivity index (χ3v) is 5.60. The standard InChI is InChI=1S/C20H20N4O2S/c1-13-22-18(26-23-13)17-12-24(11-16(17)14-7-4-3-5-8-14)20(25)15-9-6-10-21-19(15)27-2/h3-10,16-17H,11-12H2,1-2H3/t16-,17-/m1/s1. The van der Waals surface area contributed by atoms with E-state index in [-0.39, 0.29) is 17.7 Å². The zero-order chi connectivity index (χ0) is 18.8. The molecule has 1 aliphatic heterocycles. The smallest absolute Gasteiger partial charge is 0.256 e. The summed E-state index contributed by atoms with van der Waals surface area (Å²) < 4.78 is 5.46. The largest absolute Gasteiger partial charge is 0.339 e. The highest BCUT2D eigenvalue weighted by molar-refractivity contribution is 7.98. The van der Waals surface area contributed by atoms with E-state index in [1.807, 2.05) is 42.3 Å². The van der Waals surface area contributed by atoms with Crippen molar-refractivity contribution in [3.05, 3.63) is 71.5 Å². The molecule has 3 heterocycles. The molecule has 7 heteroatoms. The van der Waals surface area contributed by atoms with Gasteiger partial charge in [0, 0.05) is 25.2 Å². The normalized spacial score (nSPS) is 19.4. The predicted octanol–water partition coefficient (Wildman–Crippen LogP) is 3.52. The number of carbonyl (C=O) groups excluding carboxylic acids is 1. The second kappa shape index (κ2) is 7.52. The number of thioether (sulfide) groups is 1. The van der Waals surface area contributed by atoms with Gasteiger partial charge in [-0.2, -0.15) is 4.98 Å². The Morgan fingerprint density at radius 1 is 1.15 bits per heavy atom. The summed E-state index contributed by atoms with van der Waals surface area (Å²) >= 11 is 1.48. The molecule has 0 aliphatic carbocycles. The molecule has 0 unspecified atom stereocenters. The highest BCUT2D eigenvalue weighted by Gasteiger charge is 2.40. The van der Waals surface area contributed by atoms with Gasteiger partial charge in [-0.1, -0.05) is 35.5 Å². The Morgan fingerprint density at radius 3 is 2.63 bits per heavy atom. The number of nitrogens with zero attached hydrogens (tertiary/aromatic N) is 4. The number of benzene rings is 1.